The predicted octanol–water partition coefficient (Wildman–Crippen LogP) is 12.0. The summed E-state index contributed by atoms with van der Waals surface area (Å²) >= 11 is 0. The zero-order valence-electron chi connectivity index (χ0n) is 29.6. The van der Waals surface area contributed by atoms with E-state index in [4.69, 9.17) is 0 Å². The van der Waals surface area contributed by atoms with E-state index in [1.165, 1.54) is 27.8 Å². The molecule has 0 heterocycles. The van der Waals surface area contributed by atoms with Gasteiger partial charge in [0.15, 0.2) is 0 Å². The average Bonchev–Trinajstić information content (AvgIpc) is 2.69. The molecule has 0 aliphatic carbocycles. The zero-order valence-corrected chi connectivity index (χ0v) is 29.6. The normalized spacial score (nSPS) is 15.1. The highest BCUT2D eigenvalue weighted by Crippen LogP contribution is 2.50. The first kappa shape index (κ1) is 33.6. The second kappa shape index (κ2) is 10.4. The van der Waals surface area contributed by atoms with Crippen LogP contribution in [0.5, 0.6) is 0 Å². The van der Waals surface area contributed by atoms with Crippen molar-refractivity contribution in [3.8, 4) is 0 Å². The van der Waals surface area contributed by atoms with Gasteiger partial charge in [0, 0.05) is 5.92 Å². The first-order valence-corrected chi connectivity index (χ1v) is 15.5. The van der Waals surface area contributed by atoms with E-state index in [1.807, 2.05) is 0 Å². The molecule has 220 valence electrons. The number of rotatable bonds is 3. The highest BCUT2D eigenvalue weighted by Gasteiger charge is 2.39. The van der Waals surface area contributed by atoms with Gasteiger partial charge in [-0.25, -0.2) is 0 Å². The van der Waals surface area contributed by atoms with Crippen molar-refractivity contribution in [2.24, 2.45) is 0 Å². The standard InChI is InChI=1S/C39H64/c1-20-26(25-21-22-27(34(2,3)4)28(23-25)35(5,6)7)31-32(38(14,15)16)29(36(8,9)10)24-30(37(11,12)13)33(31)39(17,18)19/h21-24,26H,20H2,1-19H3. The zero-order chi connectivity index (χ0) is 30.7. The Morgan fingerprint density at radius 2 is 0.795 bits per heavy atom. The highest BCUT2D eigenvalue weighted by atomic mass is 14.4. The number of hydrogen-bond donors (Lipinski definition) is 0. The summed E-state index contributed by atoms with van der Waals surface area (Å²) in [6.45, 7) is 45.6. The molecule has 2 rings (SSSR count). The van der Waals surface area contributed by atoms with Gasteiger partial charge in [0.25, 0.3) is 0 Å². The van der Waals surface area contributed by atoms with Gasteiger partial charge < -0.3 is 0 Å². The van der Waals surface area contributed by atoms with E-state index in [2.05, 4.69) is 156 Å². The molecule has 0 radical (unpaired) electrons. The van der Waals surface area contributed by atoms with Crippen LogP contribution >= 0.6 is 0 Å². The first-order chi connectivity index (χ1) is 17.1. The van der Waals surface area contributed by atoms with E-state index >= 15 is 0 Å². The Hall–Kier alpha value is -1.56. The van der Waals surface area contributed by atoms with Crippen LogP contribution in [0.4, 0.5) is 0 Å². The second-order valence-corrected chi connectivity index (χ2v) is 18.4. The molecule has 39 heavy (non-hydrogen) atoms. The smallest absolute Gasteiger partial charge is 0.00929 e. The third kappa shape index (κ3) is 7.21. The largest absolute Gasteiger partial charge is 0.0645 e. The molecule has 0 fully saturated rings. The van der Waals surface area contributed by atoms with Crippen molar-refractivity contribution in [1.29, 1.82) is 0 Å². The maximum absolute atomic E-state index is 2.60. The summed E-state index contributed by atoms with van der Waals surface area (Å²) in [6.07, 6.45) is 1.09. The number of hydrogen-bond acceptors (Lipinski definition) is 0. The molecule has 0 aromatic heterocycles. The molecule has 2 aromatic rings. The van der Waals surface area contributed by atoms with Crippen LogP contribution in [0.25, 0.3) is 0 Å². The topological polar surface area (TPSA) is 0 Å². The van der Waals surface area contributed by atoms with Gasteiger partial charge in [-0.15, -0.1) is 0 Å². The lowest BCUT2D eigenvalue weighted by molar-refractivity contribution is 0.485. The Balaban J connectivity index is 3.27. The van der Waals surface area contributed by atoms with E-state index in [1.54, 1.807) is 16.7 Å². The molecule has 0 heteroatoms. The van der Waals surface area contributed by atoms with Gasteiger partial charge in [-0.2, -0.15) is 0 Å². The molecule has 1 atom stereocenters. The molecule has 0 aliphatic rings. The summed E-state index contributed by atoms with van der Waals surface area (Å²) in [5.41, 5.74) is 12.6. The lowest BCUT2D eigenvalue weighted by Crippen LogP contribution is -2.32. The average molecular weight is 533 g/mol. The minimum absolute atomic E-state index is 0.0278. The maximum atomic E-state index is 2.60. The van der Waals surface area contributed by atoms with Crippen molar-refractivity contribution < 1.29 is 0 Å². The van der Waals surface area contributed by atoms with Gasteiger partial charge in [0.2, 0.25) is 0 Å². The summed E-state index contributed by atoms with van der Waals surface area (Å²) in [5.74, 6) is 0.340. The van der Waals surface area contributed by atoms with Crippen molar-refractivity contribution in [3.63, 3.8) is 0 Å². The van der Waals surface area contributed by atoms with Crippen LogP contribution in [0, 0.1) is 0 Å². The molecule has 2 aromatic carbocycles. The maximum Gasteiger partial charge on any atom is 0.00929 e. The minimum atomic E-state index is 0.0278. The molecule has 1 unspecified atom stereocenters. The van der Waals surface area contributed by atoms with E-state index in [0.717, 1.165) is 6.42 Å². The fourth-order valence-electron chi connectivity index (χ4n) is 6.51. The fraction of sp³-hybridized carbons (Fsp3) is 0.692. The molecule has 0 N–H and O–H groups in total. The second-order valence-electron chi connectivity index (χ2n) is 18.4. The summed E-state index contributed by atoms with van der Waals surface area (Å²) in [6, 6.07) is 10.1. The van der Waals surface area contributed by atoms with Crippen molar-refractivity contribution in [2.75, 3.05) is 0 Å². The third-order valence-electron chi connectivity index (χ3n) is 8.30. The van der Waals surface area contributed by atoms with Crippen molar-refractivity contribution in [1.82, 2.24) is 0 Å². The van der Waals surface area contributed by atoms with Gasteiger partial charge in [0.1, 0.15) is 0 Å². The predicted molar refractivity (Wildman–Crippen MR) is 177 cm³/mol. The fourth-order valence-corrected chi connectivity index (χ4v) is 6.51. The first-order valence-electron chi connectivity index (χ1n) is 15.5. The van der Waals surface area contributed by atoms with Crippen LogP contribution in [0.2, 0.25) is 0 Å². The van der Waals surface area contributed by atoms with Crippen LogP contribution in [-0.4, -0.2) is 0 Å². The van der Waals surface area contributed by atoms with Gasteiger partial charge in [-0.1, -0.05) is 156 Å². The van der Waals surface area contributed by atoms with Crippen LogP contribution in [0.15, 0.2) is 24.3 Å². The Morgan fingerprint density at radius 3 is 1.08 bits per heavy atom. The number of benzene rings is 2. The SMILES string of the molecule is CCC(c1ccc(C(C)(C)C)c(C(C)(C)C)c1)c1c(C(C)(C)C)c(C(C)(C)C)cc(C(C)(C)C)c1C(C)(C)C. The molecule has 0 bridgehead atoms. The minimum Gasteiger partial charge on any atom is -0.0645 e. The molecule has 0 spiro atoms. The summed E-state index contributed by atoms with van der Waals surface area (Å²) < 4.78 is 0. The summed E-state index contributed by atoms with van der Waals surface area (Å²) in [5, 5.41) is 0. The van der Waals surface area contributed by atoms with Gasteiger partial charge in [-0.3, -0.25) is 0 Å². The van der Waals surface area contributed by atoms with Gasteiger partial charge in [0.05, 0.1) is 0 Å². The Kier molecular flexibility index (Phi) is 8.94. The molecular weight excluding hydrogens is 468 g/mol. The van der Waals surface area contributed by atoms with E-state index in [0.29, 0.717) is 5.92 Å². The van der Waals surface area contributed by atoms with E-state index < -0.39 is 0 Å². The van der Waals surface area contributed by atoms with Crippen molar-refractivity contribution in [3.05, 3.63) is 68.8 Å². The molecular formula is C39H64. The monoisotopic (exact) mass is 533 g/mol. The molecule has 0 saturated heterocycles. The van der Waals surface area contributed by atoms with Crippen LogP contribution in [0.3, 0.4) is 0 Å². The third-order valence-corrected chi connectivity index (χ3v) is 8.30. The summed E-state index contributed by atoms with van der Waals surface area (Å²) in [4.78, 5) is 0. The quantitative estimate of drug-likeness (QED) is 0.369. The van der Waals surface area contributed by atoms with E-state index in [9.17, 15) is 0 Å². The molecule has 0 amide bonds. The van der Waals surface area contributed by atoms with Crippen molar-refractivity contribution in [2.45, 2.75) is 176 Å². The van der Waals surface area contributed by atoms with Crippen LogP contribution in [-0.2, 0) is 32.5 Å². The Morgan fingerprint density at radius 1 is 0.436 bits per heavy atom. The van der Waals surface area contributed by atoms with E-state index in [-0.39, 0.29) is 32.5 Å². The summed E-state index contributed by atoms with van der Waals surface area (Å²) in [7, 11) is 0. The Bertz CT molecular complexity index is 1110. The Labute approximate surface area is 244 Å². The molecule has 0 saturated carbocycles. The highest BCUT2D eigenvalue weighted by molar-refractivity contribution is 5.59. The molecule has 0 aliphatic heterocycles. The van der Waals surface area contributed by atoms with Crippen molar-refractivity contribution >= 4 is 0 Å². The van der Waals surface area contributed by atoms with Gasteiger partial charge in [-0.05, 0) is 83.4 Å². The molecule has 0 nitrogen and oxygen atoms in total. The lowest BCUT2D eigenvalue weighted by atomic mass is 9.62. The lowest BCUT2D eigenvalue weighted by Gasteiger charge is -2.42. The van der Waals surface area contributed by atoms with Crippen LogP contribution in [0.1, 0.15) is 188 Å². The van der Waals surface area contributed by atoms with Gasteiger partial charge >= 0.3 is 0 Å². The van der Waals surface area contributed by atoms with Crippen LogP contribution < -0.4 is 0 Å².